The van der Waals surface area contributed by atoms with Crippen LogP contribution in [0.4, 0.5) is 5.13 Å². The van der Waals surface area contributed by atoms with Crippen molar-refractivity contribution >= 4 is 28.4 Å². The van der Waals surface area contributed by atoms with Gasteiger partial charge in [-0.1, -0.05) is 11.3 Å². The minimum atomic E-state index is -1.02. The lowest BCUT2D eigenvalue weighted by Crippen LogP contribution is -2.20. The molecule has 0 saturated carbocycles. The molecule has 0 aliphatic heterocycles. The number of nitrogens with zero attached hydrogens (tertiary/aromatic N) is 1. The highest BCUT2D eigenvalue weighted by molar-refractivity contribution is 7.17. The number of carboxylic acids is 1. The van der Waals surface area contributed by atoms with Crippen molar-refractivity contribution in [3.63, 3.8) is 0 Å². The van der Waals surface area contributed by atoms with Crippen LogP contribution in [0.3, 0.4) is 0 Å². The van der Waals surface area contributed by atoms with E-state index < -0.39 is 5.97 Å². The van der Waals surface area contributed by atoms with Crippen molar-refractivity contribution in [3.8, 4) is 0 Å². The first-order valence-electron chi connectivity index (χ1n) is 3.32. The van der Waals surface area contributed by atoms with E-state index in [1.54, 1.807) is 6.92 Å². The Balaban J connectivity index is 2.95. The van der Waals surface area contributed by atoms with Crippen molar-refractivity contribution in [2.24, 2.45) is 5.73 Å². The Morgan fingerprint density at radius 1 is 1.77 bits per heavy atom. The van der Waals surface area contributed by atoms with E-state index in [0.29, 0.717) is 10.8 Å². The fourth-order valence-corrected chi connectivity index (χ4v) is 1.58. The third-order valence-corrected chi connectivity index (χ3v) is 2.29. The molecule has 0 aliphatic rings. The number of carbonyl (C=O) groups is 1. The van der Waals surface area contributed by atoms with Crippen molar-refractivity contribution in [1.82, 2.24) is 4.98 Å². The summed E-state index contributed by atoms with van der Waals surface area (Å²) < 4.78 is 0. The number of rotatable bonds is 2. The number of aromatic carboxylic acids is 1. The molecule has 0 amide bonds. The van der Waals surface area contributed by atoms with Gasteiger partial charge in [0, 0.05) is 0 Å². The van der Waals surface area contributed by atoms with Gasteiger partial charge in [-0.15, -0.1) is 0 Å². The van der Waals surface area contributed by atoms with Crippen molar-refractivity contribution in [2.45, 2.75) is 6.92 Å². The molecule has 6 nitrogen and oxygen atoms in total. The van der Waals surface area contributed by atoms with Gasteiger partial charge < -0.3 is 16.2 Å². The Bertz CT molecular complexity index is 360. The molecule has 0 radical (unpaired) electrons. The number of aryl methyl sites for hydroxylation is 1. The molecule has 0 aromatic carbocycles. The third-order valence-electron chi connectivity index (χ3n) is 1.23. The van der Waals surface area contributed by atoms with Gasteiger partial charge in [0.1, 0.15) is 4.88 Å². The van der Waals surface area contributed by atoms with Gasteiger partial charge in [-0.25, -0.2) is 9.78 Å². The maximum Gasteiger partial charge on any atom is 0.347 e. The van der Waals surface area contributed by atoms with Crippen molar-refractivity contribution in [1.29, 1.82) is 5.41 Å². The maximum atomic E-state index is 10.6. The molecule has 5 N–H and O–H groups in total. The van der Waals surface area contributed by atoms with Gasteiger partial charge in [-0.2, -0.15) is 0 Å². The van der Waals surface area contributed by atoms with Crippen LogP contribution in [0.5, 0.6) is 0 Å². The Hall–Kier alpha value is -1.63. The highest BCUT2D eigenvalue weighted by atomic mass is 32.1. The number of guanidine groups is 1. The lowest BCUT2D eigenvalue weighted by Gasteiger charge is -1.94. The molecule has 13 heavy (non-hydrogen) atoms. The van der Waals surface area contributed by atoms with Crippen LogP contribution in [0.15, 0.2) is 0 Å². The molecule has 1 aromatic heterocycles. The zero-order valence-electron chi connectivity index (χ0n) is 6.79. The van der Waals surface area contributed by atoms with E-state index in [9.17, 15) is 4.79 Å². The maximum absolute atomic E-state index is 10.6. The van der Waals surface area contributed by atoms with Crippen LogP contribution < -0.4 is 11.1 Å². The Kier molecular flexibility index (Phi) is 2.47. The van der Waals surface area contributed by atoms with E-state index in [0.717, 1.165) is 11.3 Å². The standard InChI is InChI=1S/C6H8N4O2S/c1-2-3(4(11)12)13-6(9-2)10-5(7)8/h1H3,(H,11,12)(H4,7,8,9,10). The number of carboxylic acid groups (broad SMARTS) is 1. The van der Waals surface area contributed by atoms with Crippen LogP contribution in [0.2, 0.25) is 0 Å². The number of nitrogens with two attached hydrogens (primary N) is 1. The SMILES string of the molecule is Cc1nc(NC(=N)N)sc1C(=O)O. The number of aromatic nitrogens is 1. The Morgan fingerprint density at radius 3 is 2.77 bits per heavy atom. The fourth-order valence-electron chi connectivity index (χ4n) is 0.764. The Morgan fingerprint density at radius 2 is 2.38 bits per heavy atom. The lowest BCUT2D eigenvalue weighted by molar-refractivity contribution is 0.0701. The molecule has 0 saturated heterocycles. The van der Waals surface area contributed by atoms with E-state index >= 15 is 0 Å². The van der Waals surface area contributed by atoms with E-state index in [2.05, 4.69) is 10.3 Å². The first kappa shape index (κ1) is 9.46. The number of hydrogen-bond acceptors (Lipinski definition) is 4. The molecular formula is C6H8N4O2S. The van der Waals surface area contributed by atoms with E-state index in [1.165, 1.54) is 0 Å². The highest BCUT2D eigenvalue weighted by Gasteiger charge is 2.13. The molecular weight excluding hydrogens is 192 g/mol. The van der Waals surface area contributed by atoms with E-state index in [1.807, 2.05) is 0 Å². The zero-order chi connectivity index (χ0) is 10.0. The molecule has 0 aliphatic carbocycles. The first-order valence-corrected chi connectivity index (χ1v) is 4.14. The summed E-state index contributed by atoms with van der Waals surface area (Å²) in [5.41, 5.74) is 5.47. The van der Waals surface area contributed by atoms with Crippen LogP contribution in [-0.2, 0) is 0 Å². The summed E-state index contributed by atoms with van der Waals surface area (Å²) in [5.74, 6) is -1.28. The minimum absolute atomic E-state index is 0.156. The molecule has 1 heterocycles. The monoisotopic (exact) mass is 200 g/mol. The van der Waals surface area contributed by atoms with E-state index in [-0.39, 0.29) is 10.8 Å². The van der Waals surface area contributed by atoms with Crippen molar-refractivity contribution < 1.29 is 9.90 Å². The normalized spacial score (nSPS) is 9.62. The molecule has 0 bridgehead atoms. The van der Waals surface area contributed by atoms with Gasteiger partial charge in [-0.05, 0) is 6.92 Å². The van der Waals surface area contributed by atoms with Crippen LogP contribution in [0.25, 0.3) is 0 Å². The molecule has 1 rings (SSSR count). The van der Waals surface area contributed by atoms with Gasteiger partial charge in [0.2, 0.25) is 0 Å². The summed E-state index contributed by atoms with van der Waals surface area (Å²) >= 11 is 0.953. The topological polar surface area (TPSA) is 112 Å². The zero-order valence-corrected chi connectivity index (χ0v) is 7.60. The highest BCUT2D eigenvalue weighted by Crippen LogP contribution is 2.21. The summed E-state index contributed by atoms with van der Waals surface area (Å²) in [4.78, 5) is 14.6. The van der Waals surface area contributed by atoms with Crippen LogP contribution >= 0.6 is 11.3 Å². The second-order valence-corrected chi connectivity index (χ2v) is 3.28. The predicted octanol–water partition coefficient (Wildman–Crippen LogP) is 0.455. The second kappa shape index (κ2) is 3.40. The molecule has 0 atom stereocenters. The predicted molar refractivity (Wildman–Crippen MR) is 49.3 cm³/mol. The lowest BCUT2D eigenvalue weighted by atomic mass is 10.4. The molecule has 0 unspecified atom stereocenters. The van der Waals surface area contributed by atoms with Gasteiger partial charge in [0.25, 0.3) is 0 Å². The third kappa shape index (κ3) is 2.15. The van der Waals surface area contributed by atoms with Gasteiger partial charge in [0.15, 0.2) is 11.1 Å². The second-order valence-electron chi connectivity index (χ2n) is 2.28. The minimum Gasteiger partial charge on any atom is -0.477 e. The molecule has 1 aromatic rings. The molecule has 0 fully saturated rings. The van der Waals surface area contributed by atoms with Crippen LogP contribution in [0, 0.1) is 12.3 Å². The van der Waals surface area contributed by atoms with Crippen molar-refractivity contribution in [3.05, 3.63) is 10.6 Å². The van der Waals surface area contributed by atoms with Crippen LogP contribution in [0.1, 0.15) is 15.4 Å². The number of nitrogens with one attached hydrogen (secondary N) is 2. The molecule has 70 valence electrons. The fraction of sp³-hybridized carbons (Fsp3) is 0.167. The quantitative estimate of drug-likeness (QED) is 0.409. The molecule has 7 heteroatoms. The van der Waals surface area contributed by atoms with Gasteiger partial charge >= 0.3 is 5.97 Å². The summed E-state index contributed by atoms with van der Waals surface area (Å²) in [6, 6.07) is 0. The summed E-state index contributed by atoms with van der Waals surface area (Å²) in [7, 11) is 0. The number of anilines is 1. The summed E-state index contributed by atoms with van der Waals surface area (Å²) in [5, 5.41) is 18.3. The molecule has 0 spiro atoms. The summed E-state index contributed by atoms with van der Waals surface area (Å²) in [6.45, 7) is 1.59. The first-order chi connectivity index (χ1) is 6.00. The van der Waals surface area contributed by atoms with Crippen molar-refractivity contribution in [2.75, 3.05) is 5.32 Å². The van der Waals surface area contributed by atoms with Gasteiger partial charge in [-0.3, -0.25) is 5.41 Å². The van der Waals surface area contributed by atoms with E-state index in [4.69, 9.17) is 16.2 Å². The average molecular weight is 200 g/mol. The number of hydrogen-bond donors (Lipinski definition) is 4. The smallest absolute Gasteiger partial charge is 0.347 e. The largest absolute Gasteiger partial charge is 0.477 e. The summed E-state index contributed by atoms with van der Waals surface area (Å²) in [6.07, 6.45) is 0. The number of thiazole rings is 1. The van der Waals surface area contributed by atoms with Crippen LogP contribution in [-0.4, -0.2) is 22.0 Å². The average Bonchev–Trinajstić information content (AvgIpc) is 2.29. The Labute approximate surface area is 77.9 Å². The van der Waals surface area contributed by atoms with Gasteiger partial charge in [0.05, 0.1) is 5.69 Å².